The summed E-state index contributed by atoms with van der Waals surface area (Å²) in [5.41, 5.74) is 0. The summed E-state index contributed by atoms with van der Waals surface area (Å²) < 4.78 is 22.8. The average molecular weight is 1130 g/mol. The van der Waals surface area contributed by atoms with Crippen LogP contribution in [0, 0.1) is 0 Å². The molecule has 9 heteroatoms. The number of likely N-dealkylation sites (N-methyl/N-ethyl adjacent to an activating group) is 1. The number of carbonyl (C=O) groups is 3. The molecule has 2 atom stereocenters. The summed E-state index contributed by atoms with van der Waals surface area (Å²) in [7, 11) is 5.92. The lowest BCUT2D eigenvalue weighted by Crippen LogP contribution is -2.44. The van der Waals surface area contributed by atoms with E-state index in [-0.39, 0.29) is 38.6 Å². The SMILES string of the molecule is CC/C=C\C/C=C\C/C=C\C/C=C\C/C=C\C/C=C\CCCCCCCCCCC(=O)OC(COC(=O)CCCCCCCCCCCCCCCC/C=C\C/C=C\C/C=C\CCCCCCC)COC(OCC[N+](C)(C)C)C(=O)[O-]. The number of rotatable bonds is 60. The molecule has 464 valence electrons. The van der Waals surface area contributed by atoms with Crippen molar-refractivity contribution in [1.82, 2.24) is 0 Å². The minimum Gasteiger partial charge on any atom is -0.545 e. The fourth-order valence-corrected chi connectivity index (χ4v) is 8.96. The molecule has 0 aliphatic heterocycles. The molecule has 0 spiro atoms. The molecular weight excluding hydrogens is 1010 g/mol. The van der Waals surface area contributed by atoms with Gasteiger partial charge in [-0.2, -0.15) is 0 Å². The molecular formula is C72H123NO8. The first-order valence-electron chi connectivity index (χ1n) is 33.0. The maximum Gasteiger partial charge on any atom is 0.306 e. The van der Waals surface area contributed by atoms with E-state index in [1.165, 1.54) is 141 Å². The number of allylic oxidation sites excluding steroid dienone is 18. The van der Waals surface area contributed by atoms with Gasteiger partial charge < -0.3 is 33.3 Å². The summed E-state index contributed by atoms with van der Waals surface area (Å²) in [6.45, 7) is 4.62. The van der Waals surface area contributed by atoms with E-state index in [9.17, 15) is 19.5 Å². The molecule has 9 nitrogen and oxygen atoms in total. The molecule has 81 heavy (non-hydrogen) atoms. The van der Waals surface area contributed by atoms with E-state index < -0.39 is 24.3 Å². The molecule has 0 heterocycles. The Hall–Kier alpha value is -4.05. The Bertz CT molecular complexity index is 1700. The number of carbonyl (C=O) groups excluding carboxylic acids is 3. The summed E-state index contributed by atoms with van der Waals surface area (Å²) in [5.74, 6) is -2.30. The highest BCUT2D eigenvalue weighted by molar-refractivity contribution is 5.70. The zero-order chi connectivity index (χ0) is 59.1. The molecule has 0 saturated carbocycles. The number of quaternary nitrogens is 1. The van der Waals surface area contributed by atoms with Gasteiger partial charge in [0.1, 0.15) is 13.2 Å². The summed E-state index contributed by atoms with van der Waals surface area (Å²) in [6, 6.07) is 0. The third kappa shape index (κ3) is 63.4. The maximum absolute atomic E-state index is 12.9. The van der Waals surface area contributed by atoms with Crippen molar-refractivity contribution in [2.75, 3.05) is 47.5 Å². The van der Waals surface area contributed by atoms with Gasteiger partial charge in [-0.1, -0.05) is 264 Å². The minimum absolute atomic E-state index is 0.141. The van der Waals surface area contributed by atoms with Crippen molar-refractivity contribution in [3.05, 3.63) is 109 Å². The van der Waals surface area contributed by atoms with E-state index in [4.69, 9.17) is 18.9 Å². The molecule has 0 aromatic heterocycles. The molecule has 0 bridgehead atoms. The number of hydrogen-bond donors (Lipinski definition) is 0. The summed E-state index contributed by atoms with van der Waals surface area (Å²) >= 11 is 0. The zero-order valence-corrected chi connectivity index (χ0v) is 52.9. The third-order valence-corrected chi connectivity index (χ3v) is 14.0. The molecule has 0 aromatic carbocycles. The van der Waals surface area contributed by atoms with E-state index in [2.05, 4.69) is 123 Å². The molecule has 0 N–H and O–H groups in total. The van der Waals surface area contributed by atoms with Crippen LogP contribution in [0.5, 0.6) is 0 Å². The Morgan fingerprint density at radius 2 is 0.704 bits per heavy atom. The van der Waals surface area contributed by atoms with Crippen molar-refractivity contribution in [2.45, 2.75) is 283 Å². The Morgan fingerprint density at radius 1 is 0.383 bits per heavy atom. The standard InChI is InChI=1S/C72H123NO8/c1-6-8-10-12-14-16-18-20-22-24-26-28-30-32-34-35-37-38-40-42-44-46-48-50-52-54-56-58-60-62-69(74)79-66-68(67-80-72(71(76)77)78-65-64-73(3,4)5)81-70(75)63-61-59-57-55-53-51-49-47-45-43-41-39-36-33-31-29-27-25-23-21-19-17-15-13-11-9-7-2/h9,11,15,17-18,20-21,23-24,26-27,29-30,32-33,36,41,43,68,72H,6-8,10,12-14,16,19,22,25,28,31,34-35,37-40,42,44-67H2,1-5H3/b11-9-,17-15-,20-18-,23-21-,26-24-,29-27-,32-30-,36-33-,43-41-. The minimum atomic E-state index is -1.63. The van der Waals surface area contributed by atoms with Crippen molar-refractivity contribution in [2.24, 2.45) is 0 Å². The van der Waals surface area contributed by atoms with Gasteiger partial charge in [0, 0.05) is 12.8 Å². The Labute approximate surface area is 498 Å². The van der Waals surface area contributed by atoms with Crippen LogP contribution in [0.25, 0.3) is 0 Å². The van der Waals surface area contributed by atoms with Gasteiger partial charge in [-0.15, -0.1) is 0 Å². The van der Waals surface area contributed by atoms with E-state index in [1.807, 2.05) is 21.1 Å². The number of esters is 2. The number of aliphatic carboxylic acids is 1. The second-order valence-electron chi connectivity index (χ2n) is 23.0. The van der Waals surface area contributed by atoms with Crippen LogP contribution in [0.4, 0.5) is 0 Å². The molecule has 0 aliphatic rings. The fourth-order valence-electron chi connectivity index (χ4n) is 8.96. The summed E-state index contributed by atoms with van der Waals surface area (Å²) in [4.78, 5) is 37.4. The normalized spacial score (nSPS) is 13.4. The largest absolute Gasteiger partial charge is 0.545 e. The van der Waals surface area contributed by atoms with Crippen molar-refractivity contribution < 1.29 is 42.9 Å². The highest BCUT2D eigenvalue weighted by atomic mass is 16.7. The van der Waals surface area contributed by atoms with Gasteiger partial charge in [-0.3, -0.25) is 9.59 Å². The molecule has 0 aliphatic carbocycles. The fraction of sp³-hybridized carbons (Fsp3) is 0.708. The highest BCUT2D eigenvalue weighted by Crippen LogP contribution is 2.16. The van der Waals surface area contributed by atoms with Crippen LogP contribution in [0.15, 0.2) is 109 Å². The number of hydrogen-bond acceptors (Lipinski definition) is 8. The molecule has 0 radical (unpaired) electrons. The lowest BCUT2D eigenvalue weighted by atomic mass is 10.0. The zero-order valence-electron chi connectivity index (χ0n) is 52.9. The smallest absolute Gasteiger partial charge is 0.306 e. The van der Waals surface area contributed by atoms with E-state index >= 15 is 0 Å². The number of carboxylic acid groups (broad SMARTS) is 1. The van der Waals surface area contributed by atoms with Crippen molar-refractivity contribution in [3.63, 3.8) is 0 Å². The van der Waals surface area contributed by atoms with E-state index in [0.717, 1.165) is 96.3 Å². The van der Waals surface area contributed by atoms with Crippen LogP contribution in [0.1, 0.15) is 271 Å². The van der Waals surface area contributed by atoms with E-state index in [0.29, 0.717) is 17.4 Å². The lowest BCUT2D eigenvalue weighted by Gasteiger charge is -2.26. The maximum atomic E-state index is 12.9. The highest BCUT2D eigenvalue weighted by Gasteiger charge is 2.22. The number of ether oxygens (including phenoxy) is 4. The summed E-state index contributed by atoms with van der Waals surface area (Å²) in [6.07, 6.45) is 82.9. The van der Waals surface area contributed by atoms with Crippen LogP contribution in [0.3, 0.4) is 0 Å². The van der Waals surface area contributed by atoms with Gasteiger partial charge in [0.25, 0.3) is 0 Å². The van der Waals surface area contributed by atoms with Crippen LogP contribution < -0.4 is 5.11 Å². The average Bonchev–Trinajstić information content (AvgIpc) is 3.44. The Morgan fingerprint density at radius 3 is 1.05 bits per heavy atom. The first kappa shape index (κ1) is 77.0. The first-order chi connectivity index (χ1) is 39.6. The van der Waals surface area contributed by atoms with Crippen LogP contribution >= 0.6 is 0 Å². The van der Waals surface area contributed by atoms with Gasteiger partial charge >= 0.3 is 11.9 Å². The van der Waals surface area contributed by atoms with Crippen LogP contribution in [0.2, 0.25) is 0 Å². The Balaban J connectivity index is 4.20. The molecule has 0 fully saturated rings. The Kier molecular flexibility index (Phi) is 58.9. The number of unbranched alkanes of at least 4 members (excludes halogenated alkanes) is 27. The van der Waals surface area contributed by atoms with Crippen molar-refractivity contribution in [1.29, 1.82) is 0 Å². The van der Waals surface area contributed by atoms with Gasteiger partial charge in [-0.25, -0.2) is 0 Å². The van der Waals surface area contributed by atoms with Gasteiger partial charge in [0.15, 0.2) is 12.4 Å². The second-order valence-corrected chi connectivity index (χ2v) is 23.0. The second kappa shape index (κ2) is 62.0. The predicted molar refractivity (Wildman–Crippen MR) is 343 cm³/mol. The molecule has 0 aromatic rings. The number of nitrogens with zero attached hydrogens (tertiary/aromatic N) is 1. The third-order valence-electron chi connectivity index (χ3n) is 14.0. The molecule has 2 unspecified atom stereocenters. The van der Waals surface area contributed by atoms with Crippen LogP contribution in [-0.4, -0.2) is 82.3 Å². The number of carboxylic acids is 1. The predicted octanol–water partition coefficient (Wildman–Crippen LogP) is 18.9. The monoisotopic (exact) mass is 1130 g/mol. The van der Waals surface area contributed by atoms with Gasteiger partial charge in [0.05, 0.1) is 40.3 Å². The van der Waals surface area contributed by atoms with E-state index in [1.54, 1.807) is 0 Å². The molecule has 0 rings (SSSR count). The van der Waals surface area contributed by atoms with Crippen molar-refractivity contribution >= 4 is 17.9 Å². The topological polar surface area (TPSA) is 111 Å². The van der Waals surface area contributed by atoms with Gasteiger partial charge in [0.2, 0.25) is 0 Å². The molecule has 0 amide bonds. The van der Waals surface area contributed by atoms with Crippen molar-refractivity contribution in [3.8, 4) is 0 Å². The first-order valence-corrected chi connectivity index (χ1v) is 33.0. The lowest BCUT2D eigenvalue weighted by molar-refractivity contribution is -0.870. The van der Waals surface area contributed by atoms with Crippen LogP contribution in [-0.2, 0) is 33.3 Å². The molecule has 0 saturated heterocycles. The summed E-state index contributed by atoms with van der Waals surface area (Å²) in [5, 5.41) is 11.8. The quantitative estimate of drug-likeness (QED) is 0.0195. The van der Waals surface area contributed by atoms with Gasteiger partial charge in [-0.05, 0) is 103 Å².